The standard InChI is InChI=1S/C10H15N5O/c1-6-11-9(14(2)3)8-10(12-6)15(4)7(5-16)13-8/h16H,5H2,1-4H3. The zero-order chi connectivity index (χ0) is 11.9. The summed E-state index contributed by atoms with van der Waals surface area (Å²) in [7, 11) is 5.66. The van der Waals surface area contributed by atoms with E-state index >= 15 is 0 Å². The summed E-state index contributed by atoms with van der Waals surface area (Å²) in [6, 6.07) is 0. The Morgan fingerprint density at radius 2 is 1.94 bits per heavy atom. The van der Waals surface area contributed by atoms with Gasteiger partial charge < -0.3 is 14.6 Å². The van der Waals surface area contributed by atoms with E-state index in [1.165, 1.54) is 0 Å². The van der Waals surface area contributed by atoms with E-state index in [9.17, 15) is 5.11 Å². The second-order valence-corrected chi connectivity index (χ2v) is 3.91. The number of aliphatic hydroxyl groups is 1. The minimum absolute atomic E-state index is 0.0984. The van der Waals surface area contributed by atoms with Crippen molar-refractivity contribution in [3.63, 3.8) is 0 Å². The van der Waals surface area contributed by atoms with Crippen molar-refractivity contribution in [1.29, 1.82) is 0 Å². The molecule has 0 unspecified atom stereocenters. The molecule has 2 heterocycles. The number of hydrogen-bond acceptors (Lipinski definition) is 5. The van der Waals surface area contributed by atoms with Gasteiger partial charge in [-0.2, -0.15) is 0 Å². The Hall–Kier alpha value is -1.69. The molecule has 0 spiro atoms. The maximum atomic E-state index is 9.17. The molecule has 0 saturated heterocycles. The van der Waals surface area contributed by atoms with E-state index in [0.29, 0.717) is 11.6 Å². The zero-order valence-corrected chi connectivity index (χ0v) is 9.89. The molecule has 0 radical (unpaired) electrons. The zero-order valence-electron chi connectivity index (χ0n) is 9.89. The number of imidazole rings is 1. The number of aromatic nitrogens is 4. The monoisotopic (exact) mass is 221 g/mol. The van der Waals surface area contributed by atoms with Crippen LogP contribution in [0, 0.1) is 6.92 Å². The Morgan fingerprint density at radius 3 is 2.50 bits per heavy atom. The molecule has 2 aromatic heterocycles. The number of fused-ring (bicyclic) bond motifs is 1. The molecule has 2 aromatic rings. The summed E-state index contributed by atoms with van der Waals surface area (Å²) in [5.41, 5.74) is 1.47. The van der Waals surface area contributed by atoms with Crippen LogP contribution in [0.5, 0.6) is 0 Å². The van der Waals surface area contributed by atoms with Crippen molar-refractivity contribution < 1.29 is 5.11 Å². The van der Waals surface area contributed by atoms with Crippen LogP contribution in [0.15, 0.2) is 0 Å². The maximum absolute atomic E-state index is 9.17. The Balaban J connectivity index is 2.81. The molecule has 86 valence electrons. The molecule has 0 atom stereocenters. The minimum Gasteiger partial charge on any atom is -0.388 e. The van der Waals surface area contributed by atoms with Crippen LogP contribution in [0.4, 0.5) is 5.82 Å². The first-order valence-corrected chi connectivity index (χ1v) is 5.02. The largest absolute Gasteiger partial charge is 0.388 e. The molecule has 6 heteroatoms. The van der Waals surface area contributed by atoms with E-state index < -0.39 is 0 Å². The van der Waals surface area contributed by atoms with Crippen LogP contribution < -0.4 is 4.90 Å². The molecule has 6 nitrogen and oxygen atoms in total. The van der Waals surface area contributed by atoms with E-state index in [2.05, 4.69) is 15.0 Å². The van der Waals surface area contributed by atoms with Crippen LogP contribution >= 0.6 is 0 Å². The Kier molecular flexibility index (Phi) is 2.51. The lowest BCUT2D eigenvalue weighted by Gasteiger charge is -2.11. The van der Waals surface area contributed by atoms with Crippen molar-refractivity contribution in [1.82, 2.24) is 19.5 Å². The second-order valence-electron chi connectivity index (χ2n) is 3.91. The molecule has 0 aliphatic carbocycles. The predicted octanol–water partition coefficient (Wildman–Crippen LogP) is 0.230. The van der Waals surface area contributed by atoms with Crippen molar-refractivity contribution in [2.75, 3.05) is 19.0 Å². The van der Waals surface area contributed by atoms with Crippen LogP contribution in [-0.2, 0) is 13.7 Å². The van der Waals surface area contributed by atoms with Gasteiger partial charge in [-0.05, 0) is 6.92 Å². The first-order chi connectivity index (χ1) is 7.54. The third-order valence-corrected chi connectivity index (χ3v) is 2.47. The summed E-state index contributed by atoms with van der Waals surface area (Å²) < 4.78 is 1.79. The smallest absolute Gasteiger partial charge is 0.165 e. The van der Waals surface area contributed by atoms with Crippen molar-refractivity contribution in [2.45, 2.75) is 13.5 Å². The van der Waals surface area contributed by atoms with Gasteiger partial charge in [0.05, 0.1) is 0 Å². The highest BCUT2D eigenvalue weighted by Gasteiger charge is 2.15. The summed E-state index contributed by atoms with van der Waals surface area (Å²) in [4.78, 5) is 14.9. The van der Waals surface area contributed by atoms with Gasteiger partial charge in [0.1, 0.15) is 18.3 Å². The van der Waals surface area contributed by atoms with Gasteiger partial charge in [0.2, 0.25) is 0 Å². The van der Waals surface area contributed by atoms with Gasteiger partial charge in [-0.15, -0.1) is 0 Å². The van der Waals surface area contributed by atoms with Gasteiger partial charge in [0, 0.05) is 21.1 Å². The maximum Gasteiger partial charge on any atom is 0.165 e. The Bertz CT molecular complexity index is 531. The molecular weight excluding hydrogens is 206 g/mol. The van der Waals surface area contributed by atoms with E-state index in [1.807, 2.05) is 33.0 Å². The lowest BCUT2D eigenvalue weighted by atomic mass is 10.4. The van der Waals surface area contributed by atoms with Crippen molar-refractivity contribution in [3.05, 3.63) is 11.6 Å². The van der Waals surface area contributed by atoms with Crippen LogP contribution in [-0.4, -0.2) is 38.7 Å². The quantitative estimate of drug-likeness (QED) is 0.786. The first kappa shape index (κ1) is 10.8. The highest BCUT2D eigenvalue weighted by atomic mass is 16.3. The van der Waals surface area contributed by atoms with E-state index in [-0.39, 0.29) is 6.61 Å². The van der Waals surface area contributed by atoms with Crippen LogP contribution in [0.25, 0.3) is 11.2 Å². The fraction of sp³-hybridized carbons (Fsp3) is 0.500. The molecule has 0 aromatic carbocycles. The summed E-state index contributed by atoms with van der Waals surface area (Å²) in [6.07, 6.45) is 0. The van der Waals surface area contributed by atoms with Crippen molar-refractivity contribution in [3.8, 4) is 0 Å². The predicted molar refractivity (Wildman–Crippen MR) is 61.3 cm³/mol. The Morgan fingerprint density at radius 1 is 1.25 bits per heavy atom. The Labute approximate surface area is 93.6 Å². The van der Waals surface area contributed by atoms with Gasteiger partial charge >= 0.3 is 0 Å². The molecular formula is C10H15N5O. The van der Waals surface area contributed by atoms with Crippen LogP contribution in [0.1, 0.15) is 11.6 Å². The van der Waals surface area contributed by atoms with Gasteiger partial charge in [0.15, 0.2) is 17.0 Å². The third kappa shape index (κ3) is 1.51. The molecule has 2 rings (SSSR count). The summed E-state index contributed by atoms with van der Waals surface area (Å²) >= 11 is 0. The minimum atomic E-state index is -0.0984. The second kappa shape index (κ2) is 3.71. The average Bonchev–Trinajstić information content (AvgIpc) is 2.55. The topological polar surface area (TPSA) is 67.1 Å². The molecule has 0 amide bonds. The summed E-state index contributed by atoms with van der Waals surface area (Å²) in [5, 5.41) is 9.17. The van der Waals surface area contributed by atoms with E-state index in [4.69, 9.17) is 0 Å². The van der Waals surface area contributed by atoms with Gasteiger partial charge in [0.25, 0.3) is 0 Å². The number of anilines is 1. The number of rotatable bonds is 2. The van der Waals surface area contributed by atoms with Gasteiger partial charge in [-0.3, -0.25) is 0 Å². The lowest BCUT2D eigenvalue weighted by Crippen LogP contribution is -2.12. The fourth-order valence-corrected chi connectivity index (χ4v) is 1.65. The van der Waals surface area contributed by atoms with E-state index in [0.717, 1.165) is 17.0 Å². The molecule has 0 aliphatic rings. The van der Waals surface area contributed by atoms with E-state index in [1.54, 1.807) is 4.57 Å². The fourth-order valence-electron chi connectivity index (χ4n) is 1.65. The highest BCUT2D eigenvalue weighted by molar-refractivity contribution is 5.83. The first-order valence-electron chi connectivity index (χ1n) is 5.02. The number of nitrogens with zero attached hydrogens (tertiary/aromatic N) is 5. The van der Waals surface area contributed by atoms with Crippen LogP contribution in [0.2, 0.25) is 0 Å². The number of aliphatic hydroxyl groups excluding tert-OH is 1. The average molecular weight is 221 g/mol. The van der Waals surface area contributed by atoms with Crippen molar-refractivity contribution in [2.24, 2.45) is 7.05 Å². The molecule has 1 N–H and O–H groups in total. The molecule has 0 saturated carbocycles. The number of hydrogen-bond donors (Lipinski definition) is 1. The third-order valence-electron chi connectivity index (χ3n) is 2.47. The molecule has 0 fully saturated rings. The lowest BCUT2D eigenvalue weighted by molar-refractivity contribution is 0.268. The van der Waals surface area contributed by atoms with Crippen LogP contribution in [0.3, 0.4) is 0 Å². The SMILES string of the molecule is Cc1nc(N(C)C)c2nc(CO)n(C)c2n1. The summed E-state index contributed by atoms with van der Waals surface area (Å²) in [5.74, 6) is 2.07. The molecule has 16 heavy (non-hydrogen) atoms. The number of aryl methyl sites for hydroxylation is 2. The normalized spacial score (nSPS) is 11.1. The molecule has 0 bridgehead atoms. The highest BCUT2D eigenvalue weighted by Crippen LogP contribution is 2.22. The van der Waals surface area contributed by atoms with Crippen molar-refractivity contribution >= 4 is 17.0 Å². The van der Waals surface area contributed by atoms with Gasteiger partial charge in [-0.25, -0.2) is 15.0 Å². The molecule has 0 aliphatic heterocycles. The van der Waals surface area contributed by atoms with Gasteiger partial charge in [-0.1, -0.05) is 0 Å². The summed E-state index contributed by atoms with van der Waals surface area (Å²) in [6.45, 7) is 1.75.